The molecule has 0 aliphatic heterocycles. The van der Waals surface area contributed by atoms with Crippen LogP contribution in [0.4, 0.5) is 0 Å². The molecule has 0 N–H and O–H groups in total. The number of para-hydroxylation sites is 4. The molecule has 9 aromatic rings. The Hall–Kier alpha value is -5.74. The Balaban J connectivity index is 1.36. The van der Waals surface area contributed by atoms with Crippen LogP contribution in [0, 0.1) is 0 Å². The SMILES string of the molecule is CCc1nc2ccccc2n1-c1ccc(-c2cc3c(-c4ccccc4)nc4ccccc4c3c3c2oc2ccccc23)cc1. The number of aromatic nitrogens is 3. The van der Waals surface area contributed by atoms with Gasteiger partial charge in [-0.3, -0.25) is 4.57 Å². The minimum absolute atomic E-state index is 0.851. The summed E-state index contributed by atoms with van der Waals surface area (Å²) in [5.41, 5.74) is 10.2. The van der Waals surface area contributed by atoms with Gasteiger partial charge in [0.15, 0.2) is 0 Å². The quantitative estimate of drug-likeness (QED) is 0.199. The zero-order valence-electron chi connectivity index (χ0n) is 24.2. The molecular formula is C40H27N3O. The highest BCUT2D eigenvalue weighted by Gasteiger charge is 2.21. The van der Waals surface area contributed by atoms with E-state index in [0.717, 1.165) is 89.6 Å². The first-order chi connectivity index (χ1) is 21.8. The molecule has 6 aromatic carbocycles. The molecule has 0 fully saturated rings. The fraction of sp³-hybridized carbons (Fsp3) is 0.0500. The number of pyridine rings is 1. The van der Waals surface area contributed by atoms with E-state index >= 15 is 0 Å². The standard InChI is InChI=1S/C40H27N3O/c1-2-36-41-33-17-9-10-18-34(33)43(36)27-22-20-25(21-23-27)30-24-31-37(38-29-15-7-11-19-35(29)44-40(30)38)28-14-6-8-16-32(28)42-39(31)26-12-4-3-5-13-26/h3-24H,2H2,1H3. The van der Waals surface area contributed by atoms with E-state index in [1.807, 2.05) is 12.1 Å². The molecule has 0 aliphatic rings. The molecule has 0 atom stereocenters. The number of rotatable bonds is 4. The number of nitrogens with zero attached hydrogens (tertiary/aromatic N) is 3. The van der Waals surface area contributed by atoms with E-state index in [1.165, 1.54) is 5.39 Å². The van der Waals surface area contributed by atoms with Crippen molar-refractivity contribution in [2.45, 2.75) is 13.3 Å². The van der Waals surface area contributed by atoms with Crippen LogP contribution in [-0.4, -0.2) is 14.5 Å². The van der Waals surface area contributed by atoms with Crippen molar-refractivity contribution in [2.24, 2.45) is 0 Å². The number of furan rings is 1. The molecule has 3 heterocycles. The first-order valence-corrected chi connectivity index (χ1v) is 15.1. The highest BCUT2D eigenvalue weighted by molar-refractivity contribution is 6.30. The number of aryl methyl sites for hydroxylation is 1. The lowest BCUT2D eigenvalue weighted by Gasteiger charge is -2.14. The van der Waals surface area contributed by atoms with Crippen LogP contribution in [0.25, 0.3) is 82.7 Å². The topological polar surface area (TPSA) is 43.9 Å². The van der Waals surface area contributed by atoms with Gasteiger partial charge in [0, 0.05) is 50.2 Å². The lowest BCUT2D eigenvalue weighted by molar-refractivity contribution is 0.670. The Morgan fingerprint density at radius 1 is 0.591 bits per heavy atom. The van der Waals surface area contributed by atoms with Gasteiger partial charge in [0.25, 0.3) is 0 Å². The fourth-order valence-electron chi connectivity index (χ4n) is 6.75. The first-order valence-electron chi connectivity index (χ1n) is 15.1. The van der Waals surface area contributed by atoms with Crippen LogP contribution in [0.3, 0.4) is 0 Å². The molecule has 0 radical (unpaired) electrons. The van der Waals surface area contributed by atoms with Gasteiger partial charge in [-0.05, 0) is 48.0 Å². The van der Waals surface area contributed by atoms with Crippen LogP contribution in [0.2, 0.25) is 0 Å². The Morgan fingerprint density at radius 3 is 2.11 bits per heavy atom. The van der Waals surface area contributed by atoms with Crippen molar-refractivity contribution >= 4 is 54.6 Å². The van der Waals surface area contributed by atoms with Gasteiger partial charge in [-0.2, -0.15) is 0 Å². The summed E-state index contributed by atoms with van der Waals surface area (Å²) in [4.78, 5) is 10.1. The van der Waals surface area contributed by atoms with Crippen LogP contribution in [0.15, 0.2) is 138 Å². The van der Waals surface area contributed by atoms with Crippen molar-refractivity contribution in [1.82, 2.24) is 14.5 Å². The van der Waals surface area contributed by atoms with Crippen LogP contribution < -0.4 is 0 Å². The van der Waals surface area contributed by atoms with Gasteiger partial charge >= 0.3 is 0 Å². The van der Waals surface area contributed by atoms with Gasteiger partial charge in [-0.25, -0.2) is 9.97 Å². The third kappa shape index (κ3) is 3.64. The van der Waals surface area contributed by atoms with E-state index in [4.69, 9.17) is 14.4 Å². The highest BCUT2D eigenvalue weighted by atomic mass is 16.3. The van der Waals surface area contributed by atoms with Crippen molar-refractivity contribution in [3.63, 3.8) is 0 Å². The lowest BCUT2D eigenvalue weighted by Crippen LogP contribution is -1.99. The Labute approximate surface area is 253 Å². The molecular weight excluding hydrogens is 538 g/mol. The maximum atomic E-state index is 6.70. The van der Waals surface area contributed by atoms with E-state index < -0.39 is 0 Å². The molecule has 9 rings (SSSR count). The molecule has 208 valence electrons. The Bertz CT molecular complexity index is 2520. The molecule has 0 spiro atoms. The van der Waals surface area contributed by atoms with Gasteiger partial charge in [-0.15, -0.1) is 0 Å². The second-order valence-electron chi connectivity index (χ2n) is 11.2. The second kappa shape index (κ2) is 9.65. The first kappa shape index (κ1) is 24.8. The molecule has 0 unspecified atom stereocenters. The number of hydrogen-bond acceptors (Lipinski definition) is 3. The number of benzene rings is 6. The summed E-state index contributed by atoms with van der Waals surface area (Å²) >= 11 is 0. The third-order valence-corrected chi connectivity index (χ3v) is 8.74. The van der Waals surface area contributed by atoms with Crippen molar-refractivity contribution in [3.05, 3.63) is 139 Å². The highest BCUT2D eigenvalue weighted by Crippen LogP contribution is 2.45. The summed E-state index contributed by atoms with van der Waals surface area (Å²) in [5.74, 6) is 1.05. The van der Waals surface area contributed by atoms with Crippen molar-refractivity contribution < 1.29 is 4.42 Å². The summed E-state index contributed by atoms with van der Waals surface area (Å²) in [5, 5.41) is 5.65. The summed E-state index contributed by atoms with van der Waals surface area (Å²) in [6.45, 7) is 2.15. The monoisotopic (exact) mass is 565 g/mol. The summed E-state index contributed by atoms with van der Waals surface area (Å²) < 4.78 is 8.97. The third-order valence-electron chi connectivity index (χ3n) is 8.74. The van der Waals surface area contributed by atoms with Crippen LogP contribution >= 0.6 is 0 Å². The van der Waals surface area contributed by atoms with E-state index in [2.05, 4.69) is 133 Å². The van der Waals surface area contributed by atoms with E-state index in [0.29, 0.717) is 0 Å². The summed E-state index contributed by atoms with van der Waals surface area (Å²) in [6.07, 6.45) is 0.851. The number of fused-ring (bicyclic) bond motifs is 8. The van der Waals surface area contributed by atoms with E-state index in [9.17, 15) is 0 Å². The maximum Gasteiger partial charge on any atom is 0.143 e. The zero-order chi connectivity index (χ0) is 29.2. The van der Waals surface area contributed by atoms with Gasteiger partial charge in [-0.1, -0.05) is 97.9 Å². The number of imidazole rings is 1. The molecule has 4 heteroatoms. The van der Waals surface area contributed by atoms with Crippen molar-refractivity contribution in [3.8, 4) is 28.1 Å². The summed E-state index contributed by atoms with van der Waals surface area (Å²) in [6, 6.07) is 46.7. The predicted octanol–water partition coefficient (Wildman–Crippen LogP) is 10.5. The Kier molecular flexibility index (Phi) is 5.44. The average Bonchev–Trinajstić information content (AvgIpc) is 3.67. The predicted molar refractivity (Wildman–Crippen MR) is 181 cm³/mol. The largest absolute Gasteiger partial charge is 0.455 e. The smallest absolute Gasteiger partial charge is 0.143 e. The normalized spacial score (nSPS) is 11.8. The molecule has 0 saturated carbocycles. The molecule has 44 heavy (non-hydrogen) atoms. The van der Waals surface area contributed by atoms with E-state index in [1.54, 1.807) is 0 Å². The molecule has 0 saturated heterocycles. The molecule has 0 bridgehead atoms. The van der Waals surface area contributed by atoms with Gasteiger partial charge < -0.3 is 4.42 Å². The van der Waals surface area contributed by atoms with Crippen molar-refractivity contribution in [2.75, 3.05) is 0 Å². The minimum Gasteiger partial charge on any atom is -0.455 e. The fourth-order valence-corrected chi connectivity index (χ4v) is 6.75. The zero-order valence-corrected chi connectivity index (χ0v) is 24.2. The maximum absolute atomic E-state index is 6.70. The van der Waals surface area contributed by atoms with Gasteiger partial charge in [0.05, 0.1) is 22.2 Å². The van der Waals surface area contributed by atoms with Gasteiger partial charge in [0.1, 0.15) is 17.0 Å². The average molecular weight is 566 g/mol. The van der Waals surface area contributed by atoms with Gasteiger partial charge in [0.2, 0.25) is 0 Å². The Morgan fingerprint density at radius 2 is 1.30 bits per heavy atom. The van der Waals surface area contributed by atoms with E-state index in [-0.39, 0.29) is 0 Å². The van der Waals surface area contributed by atoms with Crippen LogP contribution in [-0.2, 0) is 6.42 Å². The molecule has 0 aliphatic carbocycles. The lowest BCUT2D eigenvalue weighted by atomic mass is 9.92. The molecule has 0 amide bonds. The number of hydrogen-bond donors (Lipinski definition) is 0. The second-order valence-corrected chi connectivity index (χ2v) is 11.2. The summed E-state index contributed by atoms with van der Waals surface area (Å²) in [7, 11) is 0. The molecule has 3 aromatic heterocycles. The van der Waals surface area contributed by atoms with Crippen LogP contribution in [0.5, 0.6) is 0 Å². The minimum atomic E-state index is 0.851. The van der Waals surface area contributed by atoms with Crippen LogP contribution in [0.1, 0.15) is 12.7 Å². The molecule has 4 nitrogen and oxygen atoms in total. The van der Waals surface area contributed by atoms with Crippen molar-refractivity contribution in [1.29, 1.82) is 0 Å².